The van der Waals surface area contributed by atoms with Gasteiger partial charge in [-0.1, -0.05) is 30.3 Å². The van der Waals surface area contributed by atoms with Crippen molar-refractivity contribution in [2.24, 2.45) is 5.10 Å². The van der Waals surface area contributed by atoms with Gasteiger partial charge in [-0.15, -0.1) is 0 Å². The molecule has 7 heteroatoms. The Labute approximate surface area is 104 Å². The largest absolute Gasteiger partial charge is 0.456 e. The van der Waals surface area contributed by atoms with Gasteiger partial charge in [-0.25, -0.2) is 13.2 Å². The molecule has 1 aromatic rings. The molecule has 0 unspecified atom stereocenters. The number of hydrogen-bond donors (Lipinski definition) is 1. The fourth-order valence-corrected chi connectivity index (χ4v) is 1.84. The van der Waals surface area contributed by atoms with Crippen LogP contribution in [-0.2, 0) is 26.2 Å². The smallest absolute Gasteiger partial charge is 0.359 e. The molecule has 6 nitrogen and oxygen atoms in total. The summed E-state index contributed by atoms with van der Waals surface area (Å²) in [6, 6.07) is 9.14. The van der Waals surface area contributed by atoms with Gasteiger partial charge in [0.15, 0.2) is 5.71 Å². The lowest BCUT2D eigenvalue weighted by molar-refractivity contribution is -0.136. The van der Waals surface area contributed by atoms with Crippen LogP contribution in [0.3, 0.4) is 0 Å². The molecule has 1 heterocycles. The topological polar surface area (TPSA) is 84.8 Å². The SMILES string of the molecule is O=C(OCc1ccccc1)C1=NNS(=O)(=O)C=C1. The molecule has 1 N–H and O–H groups in total. The minimum atomic E-state index is -3.54. The van der Waals surface area contributed by atoms with Crippen molar-refractivity contribution in [1.82, 2.24) is 4.83 Å². The Morgan fingerprint density at radius 1 is 1.28 bits per heavy atom. The van der Waals surface area contributed by atoms with Crippen LogP contribution in [0.5, 0.6) is 0 Å². The number of carbonyl (C=O) groups is 1. The molecule has 0 aromatic heterocycles. The van der Waals surface area contributed by atoms with Crippen LogP contribution in [0.15, 0.2) is 46.9 Å². The van der Waals surface area contributed by atoms with E-state index in [1.54, 1.807) is 0 Å². The summed E-state index contributed by atoms with van der Waals surface area (Å²) in [7, 11) is -3.54. The Morgan fingerprint density at radius 3 is 2.61 bits per heavy atom. The molecule has 1 aromatic carbocycles. The van der Waals surface area contributed by atoms with E-state index < -0.39 is 16.0 Å². The summed E-state index contributed by atoms with van der Waals surface area (Å²) in [5.74, 6) is -0.683. The molecule has 0 atom stereocenters. The van der Waals surface area contributed by atoms with Crippen LogP contribution >= 0.6 is 0 Å². The predicted octanol–water partition coefficient (Wildman–Crippen LogP) is 0.532. The molecule has 0 bridgehead atoms. The van der Waals surface area contributed by atoms with Gasteiger partial charge in [-0.3, -0.25) is 0 Å². The van der Waals surface area contributed by atoms with Crippen LogP contribution in [0.25, 0.3) is 0 Å². The van der Waals surface area contributed by atoms with Gasteiger partial charge in [-0.05, 0) is 11.6 Å². The first-order valence-corrected chi connectivity index (χ1v) is 6.60. The van der Waals surface area contributed by atoms with Crippen molar-refractivity contribution in [2.45, 2.75) is 6.61 Å². The second kappa shape index (κ2) is 5.01. The van der Waals surface area contributed by atoms with Crippen molar-refractivity contribution in [3.8, 4) is 0 Å². The second-order valence-electron chi connectivity index (χ2n) is 3.50. The van der Waals surface area contributed by atoms with Gasteiger partial charge in [-0.2, -0.15) is 9.93 Å². The molecule has 0 aliphatic carbocycles. The third kappa shape index (κ3) is 3.17. The minimum absolute atomic E-state index is 0.0826. The summed E-state index contributed by atoms with van der Waals surface area (Å²) < 4.78 is 26.9. The lowest BCUT2D eigenvalue weighted by Crippen LogP contribution is -2.26. The van der Waals surface area contributed by atoms with Crippen molar-refractivity contribution in [2.75, 3.05) is 0 Å². The molecule has 0 saturated heterocycles. The standard InChI is InChI=1S/C11H10N2O4S/c14-11(10-6-7-18(15,16)13-12-10)17-8-9-4-2-1-3-5-9/h1-7,13H,8H2. The Morgan fingerprint density at radius 2 is 2.00 bits per heavy atom. The number of esters is 1. The van der Waals surface area contributed by atoms with E-state index in [0.717, 1.165) is 17.0 Å². The fourth-order valence-electron chi connectivity index (χ4n) is 1.25. The van der Waals surface area contributed by atoms with Gasteiger partial charge in [0, 0.05) is 0 Å². The zero-order chi connectivity index (χ0) is 13.0. The van der Waals surface area contributed by atoms with Crippen molar-refractivity contribution in [3.63, 3.8) is 0 Å². The summed E-state index contributed by atoms with van der Waals surface area (Å²) in [5.41, 5.74) is 0.757. The van der Waals surface area contributed by atoms with Crippen molar-refractivity contribution < 1.29 is 17.9 Å². The molecular weight excluding hydrogens is 256 g/mol. The normalized spacial score (nSPS) is 16.6. The molecule has 1 aliphatic heterocycles. The number of nitrogens with one attached hydrogen (secondary N) is 1. The molecule has 1 aliphatic rings. The Balaban J connectivity index is 1.94. The minimum Gasteiger partial charge on any atom is -0.456 e. The molecule has 2 rings (SSSR count). The number of ether oxygens (including phenoxy) is 1. The quantitative estimate of drug-likeness (QED) is 0.809. The summed E-state index contributed by atoms with van der Waals surface area (Å²) in [4.78, 5) is 13.4. The molecule has 0 radical (unpaired) electrons. The van der Waals surface area contributed by atoms with Crippen LogP contribution in [-0.4, -0.2) is 20.1 Å². The van der Waals surface area contributed by atoms with Crippen LogP contribution in [0.1, 0.15) is 5.56 Å². The number of benzene rings is 1. The number of rotatable bonds is 3. The van der Waals surface area contributed by atoms with Crippen LogP contribution in [0, 0.1) is 0 Å². The molecule has 94 valence electrons. The van der Waals surface area contributed by atoms with E-state index >= 15 is 0 Å². The molecule has 18 heavy (non-hydrogen) atoms. The highest BCUT2D eigenvalue weighted by molar-refractivity contribution is 7.92. The van der Waals surface area contributed by atoms with E-state index in [-0.39, 0.29) is 12.3 Å². The average Bonchev–Trinajstić information content (AvgIpc) is 2.37. The highest BCUT2D eigenvalue weighted by Gasteiger charge is 2.17. The van der Waals surface area contributed by atoms with Gasteiger partial charge < -0.3 is 4.74 Å². The third-order valence-corrected chi connectivity index (χ3v) is 2.96. The monoisotopic (exact) mass is 266 g/mol. The van der Waals surface area contributed by atoms with Crippen molar-refractivity contribution in [1.29, 1.82) is 0 Å². The van der Waals surface area contributed by atoms with Crippen molar-refractivity contribution >= 4 is 21.7 Å². The third-order valence-electron chi connectivity index (χ3n) is 2.12. The van der Waals surface area contributed by atoms with Crippen molar-refractivity contribution in [3.05, 3.63) is 47.4 Å². The lowest BCUT2D eigenvalue weighted by Gasteiger charge is -2.08. The zero-order valence-electron chi connectivity index (χ0n) is 9.24. The van der Waals surface area contributed by atoms with E-state index in [1.807, 2.05) is 35.2 Å². The molecule has 0 spiro atoms. The summed E-state index contributed by atoms with van der Waals surface area (Å²) in [5, 5.41) is 4.27. The fraction of sp³-hybridized carbons (Fsp3) is 0.0909. The maximum atomic E-state index is 11.5. The maximum absolute atomic E-state index is 11.5. The highest BCUT2D eigenvalue weighted by Crippen LogP contribution is 2.03. The first-order chi connectivity index (χ1) is 8.57. The van der Waals surface area contributed by atoms with E-state index in [2.05, 4.69) is 5.10 Å². The number of sulfonamides is 1. The molecule has 0 fully saturated rings. The molecular formula is C11H10N2O4S. The zero-order valence-corrected chi connectivity index (χ0v) is 10.1. The Kier molecular flexibility index (Phi) is 3.42. The van der Waals surface area contributed by atoms with E-state index in [1.165, 1.54) is 0 Å². The molecule has 0 saturated carbocycles. The summed E-state index contributed by atoms with van der Waals surface area (Å²) in [6.45, 7) is 0.110. The van der Waals surface area contributed by atoms with Gasteiger partial charge in [0.05, 0.1) is 5.41 Å². The lowest BCUT2D eigenvalue weighted by atomic mass is 10.2. The van der Waals surface area contributed by atoms with E-state index in [0.29, 0.717) is 0 Å². The molecule has 0 amide bonds. The first-order valence-electron chi connectivity index (χ1n) is 5.05. The van der Waals surface area contributed by atoms with Crippen LogP contribution < -0.4 is 4.83 Å². The number of nitrogens with zero attached hydrogens (tertiary/aromatic N) is 1. The second-order valence-corrected chi connectivity index (χ2v) is 5.04. The highest BCUT2D eigenvalue weighted by atomic mass is 32.2. The number of carbonyl (C=O) groups excluding carboxylic acids is 1. The average molecular weight is 266 g/mol. The Bertz CT molecular complexity index is 605. The maximum Gasteiger partial charge on any atom is 0.359 e. The first kappa shape index (κ1) is 12.3. The van der Waals surface area contributed by atoms with E-state index in [9.17, 15) is 13.2 Å². The van der Waals surface area contributed by atoms with Crippen LogP contribution in [0.2, 0.25) is 0 Å². The Hall–Kier alpha value is -2.15. The number of hydrogen-bond acceptors (Lipinski definition) is 5. The van der Waals surface area contributed by atoms with Gasteiger partial charge in [0.1, 0.15) is 6.61 Å². The summed E-state index contributed by atoms with van der Waals surface area (Å²) in [6.07, 6.45) is 1.10. The van der Waals surface area contributed by atoms with Crippen LogP contribution in [0.4, 0.5) is 0 Å². The summed E-state index contributed by atoms with van der Waals surface area (Å²) >= 11 is 0. The van der Waals surface area contributed by atoms with Gasteiger partial charge in [0.25, 0.3) is 10.0 Å². The number of hydrazone groups is 1. The van der Waals surface area contributed by atoms with Gasteiger partial charge in [0.2, 0.25) is 0 Å². The van der Waals surface area contributed by atoms with E-state index in [4.69, 9.17) is 4.74 Å². The van der Waals surface area contributed by atoms with Gasteiger partial charge >= 0.3 is 5.97 Å². The predicted molar refractivity (Wildman–Crippen MR) is 64.9 cm³/mol.